The molecule has 0 saturated heterocycles. The molecule has 1 rings (SSSR count). The topological polar surface area (TPSA) is 0 Å². The van der Waals surface area contributed by atoms with E-state index < -0.39 is 0 Å². The Kier molecular flexibility index (Phi) is 2.10. The highest BCUT2D eigenvalue weighted by atomic mass is 14.1. The summed E-state index contributed by atoms with van der Waals surface area (Å²) >= 11 is 0. The van der Waals surface area contributed by atoms with Gasteiger partial charge in [0.25, 0.3) is 0 Å². The molecule has 0 aromatic rings. The van der Waals surface area contributed by atoms with Crippen molar-refractivity contribution in [2.75, 3.05) is 0 Å². The van der Waals surface area contributed by atoms with Gasteiger partial charge in [-0.05, 0) is 25.7 Å². The smallest absolute Gasteiger partial charge is 0.0171 e. The SMILES string of the molecule is CCC1CC=CC=C1C. The van der Waals surface area contributed by atoms with E-state index >= 15 is 0 Å². The quantitative estimate of drug-likeness (QED) is 0.501. The van der Waals surface area contributed by atoms with E-state index in [1.165, 1.54) is 12.8 Å². The highest BCUT2D eigenvalue weighted by molar-refractivity contribution is 5.18. The minimum absolute atomic E-state index is 0.829. The van der Waals surface area contributed by atoms with Crippen molar-refractivity contribution in [1.29, 1.82) is 0 Å². The fourth-order valence-electron chi connectivity index (χ4n) is 1.27. The Labute approximate surface area is 57.3 Å². The summed E-state index contributed by atoms with van der Waals surface area (Å²) in [5.41, 5.74) is 1.54. The van der Waals surface area contributed by atoms with Gasteiger partial charge in [0.05, 0.1) is 0 Å². The van der Waals surface area contributed by atoms with E-state index in [-0.39, 0.29) is 0 Å². The zero-order chi connectivity index (χ0) is 6.69. The van der Waals surface area contributed by atoms with Crippen molar-refractivity contribution in [2.45, 2.75) is 26.7 Å². The third-order valence-electron chi connectivity index (χ3n) is 2.05. The molecule has 0 aromatic carbocycles. The molecule has 0 bridgehead atoms. The Bertz CT molecular complexity index is 140. The van der Waals surface area contributed by atoms with Gasteiger partial charge in [-0.3, -0.25) is 0 Å². The standard InChI is InChI=1S/C9H14/c1-3-9-7-5-4-6-8(9)2/h4-6,9H,3,7H2,1-2H3. The van der Waals surface area contributed by atoms with Crippen molar-refractivity contribution in [2.24, 2.45) is 5.92 Å². The van der Waals surface area contributed by atoms with Crippen molar-refractivity contribution < 1.29 is 0 Å². The lowest BCUT2D eigenvalue weighted by Gasteiger charge is -2.15. The molecular weight excluding hydrogens is 108 g/mol. The number of allylic oxidation sites excluding steroid dienone is 4. The van der Waals surface area contributed by atoms with Gasteiger partial charge in [-0.1, -0.05) is 30.7 Å². The average Bonchev–Trinajstić information content (AvgIpc) is 1.89. The minimum Gasteiger partial charge on any atom is -0.0839 e. The second kappa shape index (κ2) is 2.86. The maximum atomic E-state index is 2.25. The van der Waals surface area contributed by atoms with E-state index in [0.717, 1.165) is 5.92 Å². The summed E-state index contributed by atoms with van der Waals surface area (Å²) in [4.78, 5) is 0. The van der Waals surface area contributed by atoms with Crippen molar-refractivity contribution in [3.05, 3.63) is 23.8 Å². The second-order valence-corrected chi connectivity index (χ2v) is 2.68. The van der Waals surface area contributed by atoms with Crippen LogP contribution in [0.5, 0.6) is 0 Å². The maximum absolute atomic E-state index is 2.25. The van der Waals surface area contributed by atoms with Crippen LogP contribution in [-0.4, -0.2) is 0 Å². The second-order valence-electron chi connectivity index (χ2n) is 2.68. The fraction of sp³-hybridized carbons (Fsp3) is 0.556. The molecule has 0 heteroatoms. The van der Waals surface area contributed by atoms with Gasteiger partial charge in [-0.15, -0.1) is 0 Å². The van der Waals surface area contributed by atoms with Crippen LogP contribution in [0.3, 0.4) is 0 Å². The van der Waals surface area contributed by atoms with Crippen molar-refractivity contribution in [1.82, 2.24) is 0 Å². The van der Waals surface area contributed by atoms with E-state index in [4.69, 9.17) is 0 Å². The lowest BCUT2D eigenvalue weighted by atomic mass is 9.91. The largest absolute Gasteiger partial charge is 0.0839 e. The Balaban J connectivity index is 2.59. The summed E-state index contributed by atoms with van der Waals surface area (Å²) in [6.45, 7) is 4.47. The molecule has 0 heterocycles. The molecule has 0 nitrogen and oxygen atoms in total. The van der Waals surface area contributed by atoms with Gasteiger partial charge in [0, 0.05) is 0 Å². The van der Waals surface area contributed by atoms with Crippen molar-refractivity contribution in [3.63, 3.8) is 0 Å². The first-order chi connectivity index (χ1) is 4.34. The predicted molar refractivity (Wildman–Crippen MR) is 41.3 cm³/mol. The Morgan fingerprint density at radius 3 is 2.89 bits per heavy atom. The van der Waals surface area contributed by atoms with Crippen molar-refractivity contribution in [3.8, 4) is 0 Å². The summed E-state index contributed by atoms with van der Waals surface area (Å²) in [6.07, 6.45) is 9.16. The third kappa shape index (κ3) is 1.44. The van der Waals surface area contributed by atoms with E-state index in [1.807, 2.05) is 0 Å². The van der Waals surface area contributed by atoms with Crippen LogP contribution in [0.1, 0.15) is 26.7 Å². The average molecular weight is 122 g/mol. The van der Waals surface area contributed by atoms with Gasteiger partial charge >= 0.3 is 0 Å². The zero-order valence-corrected chi connectivity index (χ0v) is 6.22. The normalized spacial score (nSPS) is 26.0. The molecule has 0 spiro atoms. The highest BCUT2D eigenvalue weighted by Crippen LogP contribution is 2.22. The molecule has 0 aromatic heterocycles. The molecule has 0 radical (unpaired) electrons. The predicted octanol–water partition coefficient (Wildman–Crippen LogP) is 2.92. The van der Waals surface area contributed by atoms with Crippen LogP contribution in [0.15, 0.2) is 23.8 Å². The highest BCUT2D eigenvalue weighted by Gasteiger charge is 2.07. The zero-order valence-electron chi connectivity index (χ0n) is 6.22. The van der Waals surface area contributed by atoms with Gasteiger partial charge in [-0.2, -0.15) is 0 Å². The first-order valence-electron chi connectivity index (χ1n) is 3.68. The molecule has 1 unspecified atom stereocenters. The summed E-state index contributed by atoms with van der Waals surface area (Å²) in [7, 11) is 0. The Hall–Kier alpha value is -0.520. The maximum Gasteiger partial charge on any atom is -0.0171 e. The number of hydrogen-bond acceptors (Lipinski definition) is 0. The van der Waals surface area contributed by atoms with Gasteiger partial charge < -0.3 is 0 Å². The molecule has 1 aliphatic rings. The van der Waals surface area contributed by atoms with Crippen LogP contribution in [0.25, 0.3) is 0 Å². The van der Waals surface area contributed by atoms with Gasteiger partial charge in [-0.25, -0.2) is 0 Å². The molecule has 0 fully saturated rings. The molecule has 0 amide bonds. The first-order valence-corrected chi connectivity index (χ1v) is 3.68. The van der Waals surface area contributed by atoms with Crippen LogP contribution >= 0.6 is 0 Å². The lowest BCUT2D eigenvalue weighted by molar-refractivity contribution is 0.595. The van der Waals surface area contributed by atoms with E-state index in [9.17, 15) is 0 Å². The van der Waals surface area contributed by atoms with Crippen LogP contribution in [0, 0.1) is 5.92 Å². The molecular formula is C9H14. The lowest BCUT2D eigenvalue weighted by Crippen LogP contribution is -2.00. The summed E-state index contributed by atoms with van der Waals surface area (Å²) in [5, 5.41) is 0. The van der Waals surface area contributed by atoms with Gasteiger partial charge in [0.15, 0.2) is 0 Å². The molecule has 0 saturated carbocycles. The van der Waals surface area contributed by atoms with E-state index in [0.29, 0.717) is 0 Å². The molecule has 9 heavy (non-hydrogen) atoms. The summed E-state index contributed by atoms with van der Waals surface area (Å²) < 4.78 is 0. The van der Waals surface area contributed by atoms with Crippen LogP contribution in [0.4, 0.5) is 0 Å². The molecule has 1 aliphatic carbocycles. The van der Waals surface area contributed by atoms with E-state index in [1.54, 1.807) is 5.57 Å². The van der Waals surface area contributed by atoms with Crippen LogP contribution in [0.2, 0.25) is 0 Å². The van der Waals surface area contributed by atoms with Gasteiger partial charge in [0.1, 0.15) is 0 Å². The summed E-state index contributed by atoms with van der Waals surface area (Å²) in [5.74, 6) is 0.829. The molecule has 0 N–H and O–H groups in total. The van der Waals surface area contributed by atoms with Crippen LogP contribution in [-0.2, 0) is 0 Å². The monoisotopic (exact) mass is 122 g/mol. The molecule has 1 atom stereocenters. The molecule has 50 valence electrons. The Morgan fingerprint density at radius 2 is 2.44 bits per heavy atom. The minimum atomic E-state index is 0.829. The third-order valence-corrected chi connectivity index (χ3v) is 2.05. The summed E-state index contributed by atoms with van der Waals surface area (Å²) in [6, 6.07) is 0. The fourth-order valence-corrected chi connectivity index (χ4v) is 1.27. The number of rotatable bonds is 1. The Morgan fingerprint density at radius 1 is 1.67 bits per heavy atom. The molecule has 0 aliphatic heterocycles. The van der Waals surface area contributed by atoms with E-state index in [2.05, 4.69) is 32.1 Å². The first kappa shape index (κ1) is 6.60. The number of hydrogen-bond donors (Lipinski definition) is 0. The van der Waals surface area contributed by atoms with Crippen LogP contribution < -0.4 is 0 Å². The van der Waals surface area contributed by atoms with Crippen molar-refractivity contribution >= 4 is 0 Å². The van der Waals surface area contributed by atoms with Gasteiger partial charge in [0.2, 0.25) is 0 Å².